The van der Waals surface area contributed by atoms with Gasteiger partial charge < -0.3 is 4.57 Å². The molecule has 3 aromatic rings. The Hall–Kier alpha value is -3.21. The molecule has 3 atom stereocenters. The van der Waals surface area contributed by atoms with E-state index in [2.05, 4.69) is 0 Å². The molecule has 1 aliphatic rings. The molecule has 0 radical (unpaired) electrons. The standard InChI is InChI=1S/C22H20N2O3/c1-23-16(13-17(25)24(2)22(23)27)19-18(14-9-5-3-6-10-14)20(19)21(26)15-11-7-4-8-12-15/h3-13,18-20H,1-2H3/t18-,19-,20+/m1/s1. The van der Waals surface area contributed by atoms with E-state index in [0.717, 1.165) is 10.1 Å². The monoisotopic (exact) mass is 360 g/mol. The molecule has 0 N–H and O–H groups in total. The number of carbonyl (C=O) groups excluding carboxylic acids is 1. The molecule has 0 unspecified atom stereocenters. The molecule has 1 aliphatic carbocycles. The Bertz CT molecular complexity index is 1110. The molecule has 1 heterocycles. The predicted molar refractivity (Wildman–Crippen MR) is 103 cm³/mol. The van der Waals surface area contributed by atoms with Crippen molar-refractivity contribution < 1.29 is 4.79 Å². The fourth-order valence-electron chi connectivity index (χ4n) is 3.96. The second-order valence-corrected chi connectivity index (χ2v) is 7.03. The third-order valence-corrected chi connectivity index (χ3v) is 5.47. The largest absolute Gasteiger partial charge is 0.330 e. The number of aromatic nitrogens is 2. The first-order chi connectivity index (χ1) is 13.0. The number of carbonyl (C=O) groups is 1. The van der Waals surface area contributed by atoms with Crippen molar-refractivity contribution in [3.8, 4) is 0 Å². The molecule has 0 amide bonds. The SMILES string of the molecule is Cn1c([C@H]2[C@@H](C(=O)c3ccccc3)[C@@H]2c2ccccc2)cc(=O)n(C)c1=O. The average Bonchev–Trinajstić information content (AvgIpc) is 3.45. The quantitative estimate of drug-likeness (QED) is 0.672. The Kier molecular flexibility index (Phi) is 4.15. The van der Waals surface area contributed by atoms with Crippen molar-refractivity contribution in [1.29, 1.82) is 0 Å². The highest BCUT2D eigenvalue weighted by atomic mass is 16.2. The van der Waals surface area contributed by atoms with Crippen molar-refractivity contribution in [2.45, 2.75) is 11.8 Å². The Balaban J connectivity index is 1.82. The molecule has 0 bridgehead atoms. The summed E-state index contributed by atoms with van der Waals surface area (Å²) in [7, 11) is 3.12. The molecule has 5 heteroatoms. The Morgan fingerprint density at radius 1 is 0.815 bits per heavy atom. The number of rotatable bonds is 4. The zero-order valence-corrected chi connectivity index (χ0v) is 15.2. The Morgan fingerprint density at radius 3 is 2.04 bits per heavy atom. The van der Waals surface area contributed by atoms with Crippen LogP contribution in [0.5, 0.6) is 0 Å². The molecular weight excluding hydrogens is 340 g/mol. The second-order valence-electron chi connectivity index (χ2n) is 7.03. The number of Topliss-reactive ketones (excluding diaryl/α,β-unsaturated/α-hetero) is 1. The highest BCUT2D eigenvalue weighted by molar-refractivity contribution is 6.01. The van der Waals surface area contributed by atoms with Crippen LogP contribution in [-0.2, 0) is 14.1 Å². The predicted octanol–water partition coefficient (Wildman–Crippen LogP) is 2.46. The summed E-state index contributed by atoms with van der Waals surface area (Å²) in [5.41, 5.74) is 1.59. The Morgan fingerprint density at radius 2 is 1.41 bits per heavy atom. The van der Waals surface area contributed by atoms with Gasteiger partial charge in [-0.25, -0.2) is 4.79 Å². The fraction of sp³-hybridized carbons (Fsp3) is 0.227. The van der Waals surface area contributed by atoms with Crippen LogP contribution < -0.4 is 11.2 Å². The van der Waals surface area contributed by atoms with Gasteiger partial charge in [0.1, 0.15) is 0 Å². The van der Waals surface area contributed by atoms with E-state index >= 15 is 0 Å². The van der Waals surface area contributed by atoms with Crippen LogP contribution >= 0.6 is 0 Å². The van der Waals surface area contributed by atoms with E-state index in [4.69, 9.17) is 0 Å². The summed E-state index contributed by atoms with van der Waals surface area (Å²) in [6, 6.07) is 20.5. The van der Waals surface area contributed by atoms with Gasteiger partial charge in [-0.3, -0.25) is 14.2 Å². The molecule has 5 nitrogen and oxygen atoms in total. The smallest absolute Gasteiger partial charge is 0.300 e. The summed E-state index contributed by atoms with van der Waals surface area (Å²) in [5, 5.41) is 0. The van der Waals surface area contributed by atoms with Gasteiger partial charge in [0.25, 0.3) is 5.56 Å². The summed E-state index contributed by atoms with van der Waals surface area (Å²) in [4.78, 5) is 37.7. The summed E-state index contributed by atoms with van der Waals surface area (Å²) in [6.07, 6.45) is 0. The lowest BCUT2D eigenvalue weighted by Gasteiger charge is -2.09. The molecule has 136 valence electrons. The van der Waals surface area contributed by atoms with E-state index in [0.29, 0.717) is 11.3 Å². The van der Waals surface area contributed by atoms with Gasteiger partial charge in [0, 0.05) is 49.2 Å². The van der Waals surface area contributed by atoms with E-state index in [1.165, 1.54) is 17.7 Å². The van der Waals surface area contributed by atoms with Crippen LogP contribution in [0.3, 0.4) is 0 Å². The minimum atomic E-state index is -0.373. The minimum absolute atomic E-state index is 0.0441. The summed E-state index contributed by atoms with van der Waals surface area (Å²) in [5.74, 6) is -0.474. The van der Waals surface area contributed by atoms with Gasteiger partial charge in [-0.15, -0.1) is 0 Å². The van der Waals surface area contributed by atoms with Crippen LogP contribution in [0.25, 0.3) is 0 Å². The topological polar surface area (TPSA) is 61.1 Å². The van der Waals surface area contributed by atoms with Crippen LogP contribution in [0.15, 0.2) is 76.3 Å². The van der Waals surface area contributed by atoms with Gasteiger partial charge >= 0.3 is 5.69 Å². The number of nitrogens with zero attached hydrogens (tertiary/aromatic N) is 2. The zero-order valence-electron chi connectivity index (χ0n) is 15.2. The van der Waals surface area contributed by atoms with Gasteiger partial charge in [0.2, 0.25) is 0 Å². The maximum atomic E-state index is 13.2. The van der Waals surface area contributed by atoms with E-state index < -0.39 is 0 Å². The van der Waals surface area contributed by atoms with Crippen molar-refractivity contribution in [2.75, 3.05) is 0 Å². The maximum absolute atomic E-state index is 13.2. The summed E-state index contributed by atoms with van der Waals surface area (Å²) in [6.45, 7) is 0. The second kappa shape index (κ2) is 6.50. The normalized spacial score (nSPS) is 21.0. The first-order valence-electron chi connectivity index (χ1n) is 8.92. The Labute approximate surface area is 156 Å². The van der Waals surface area contributed by atoms with Crippen molar-refractivity contribution in [1.82, 2.24) is 9.13 Å². The summed E-state index contributed by atoms with van der Waals surface area (Å²) >= 11 is 0. The summed E-state index contributed by atoms with van der Waals surface area (Å²) < 4.78 is 2.57. The fourth-order valence-corrected chi connectivity index (χ4v) is 3.96. The minimum Gasteiger partial charge on any atom is -0.300 e. The first-order valence-corrected chi connectivity index (χ1v) is 8.92. The van der Waals surface area contributed by atoms with Gasteiger partial charge in [-0.1, -0.05) is 60.7 Å². The van der Waals surface area contributed by atoms with Crippen molar-refractivity contribution in [3.05, 3.63) is 104 Å². The van der Waals surface area contributed by atoms with Crippen molar-refractivity contribution >= 4 is 5.78 Å². The van der Waals surface area contributed by atoms with Gasteiger partial charge in [-0.2, -0.15) is 0 Å². The van der Waals surface area contributed by atoms with Gasteiger partial charge in [0.05, 0.1) is 0 Å². The molecule has 4 rings (SSSR count). The molecule has 2 aromatic carbocycles. The first kappa shape index (κ1) is 17.2. The lowest BCUT2D eigenvalue weighted by molar-refractivity contribution is 0.0962. The van der Waals surface area contributed by atoms with Gasteiger partial charge in [-0.05, 0) is 5.56 Å². The third-order valence-electron chi connectivity index (χ3n) is 5.47. The third kappa shape index (κ3) is 2.85. The van der Waals surface area contributed by atoms with E-state index in [1.807, 2.05) is 60.7 Å². The van der Waals surface area contributed by atoms with E-state index in [-0.39, 0.29) is 34.8 Å². The lowest BCUT2D eigenvalue weighted by atomic mass is 10.0. The van der Waals surface area contributed by atoms with Crippen LogP contribution in [0.1, 0.15) is 33.5 Å². The van der Waals surface area contributed by atoms with Crippen LogP contribution in [0.2, 0.25) is 0 Å². The lowest BCUT2D eigenvalue weighted by Crippen LogP contribution is -2.38. The van der Waals surface area contributed by atoms with Crippen LogP contribution in [0, 0.1) is 5.92 Å². The van der Waals surface area contributed by atoms with Gasteiger partial charge in [0.15, 0.2) is 5.78 Å². The number of ketones is 1. The zero-order chi connectivity index (χ0) is 19.1. The van der Waals surface area contributed by atoms with Crippen LogP contribution in [0.4, 0.5) is 0 Å². The molecule has 0 spiro atoms. The molecular formula is C22H20N2O3. The van der Waals surface area contributed by atoms with Crippen LogP contribution in [-0.4, -0.2) is 14.9 Å². The number of hydrogen-bond acceptors (Lipinski definition) is 3. The molecule has 0 saturated heterocycles. The number of hydrogen-bond donors (Lipinski definition) is 0. The molecule has 1 saturated carbocycles. The highest BCUT2D eigenvalue weighted by Crippen LogP contribution is 2.61. The maximum Gasteiger partial charge on any atom is 0.330 e. The van der Waals surface area contributed by atoms with Crippen molar-refractivity contribution in [3.63, 3.8) is 0 Å². The average molecular weight is 360 g/mol. The molecule has 0 aliphatic heterocycles. The van der Waals surface area contributed by atoms with E-state index in [9.17, 15) is 14.4 Å². The molecule has 27 heavy (non-hydrogen) atoms. The van der Waals surface area contributed by atoms with E-state index in [1.54, 1.807) is 7.05 Å². The molecule has 1 aromatic heterocycles. The molecule has 1 fully saturated rings. The number of benzene rings is 2. The van der Waals surface area contributed by atoms with Crippen molar-refractivity contribution in [2.24, 2.45) is 20.0 Å². The highest BCUT2D eigenvalue weighted by Gasteiger charge is 2.57.